The normalized spacial score (nSPS) is 10.7. The number of benzene rings is 1. The molecule has 23 heavy (non-hydrogen) atoms. The summed E-state index contributed by atoms with van der Waals surface area (Å²) < 4.78 is 0. The molecule has 0 aliphatic rings. The summed E-state index contributed by atoms with van der Waals surface area (Å²) in [4.78, 5) is 18.7. The number of hydrogen-bond acceptors (Lipinski definition) is 3. The van der Waals surface area contributed by atoms with E-state index in [1.165, 1.54) is 0 Å². The number of nitrogens with zero attached hydrogens (tertiary/aromatic N) is 2. The number of nitrogens with one attached hydrogen (secondary N) is 1. The van der Waals surface area contributed by atoms with Crippen molar-refractivity contribution in [1.82, 2.24) is 9.88 Å². The van der Waals surface area contributed by atoms with Gasteiger partial charge in [0.15, 0.2) is 0 Å². The Balaban J connectivity index is 2.07. The first-order valence-corrected chi connectivity index (χ1v) is 7.89. The van der Waals surface area contributed by atoms with Gasteiger partial charge in [-0.15, -0.1) is 0 Å². The Morgan fingerprint density at radius 2 is 2.04 bits per heavy atom. The molecule has 0 saturated heterocycles. The van der Waals surface area contributed by atoms with Crippen LogP contribution in [0, 0.1) is 0 Å². The van der Waals surface area contributed by atoms with E-state index in [1.54, 1.807) is 25.4 Å². The zero-order valence-electron chi connectivity index (χ0n) is 13.7. The van der Waals surface area contributed by atoms with Gasteiger partial charge in [0.25, 0.3) is 5.91 Å². The first-order chi connectivity index (χ1) is 11.2. The minimum Gasteiger partial charge on any atom is -0.373 e. The molecule has 1 aromatic carbocycles. The predicted octanol–water partition coefficient (Wildman–Crippen LogP) is 3.69. The van der Waals surface area contributed by atoms with Crippen molar-refractivity contribution >= 4 is 17.8 Å². The molecule has 0 spiro atoms. The van der Waals surface area contributed by atoms with Crippen molar-refractivity contribution in [3.8, 4) is 0 Å². The van der Waals surface area contributed by atoms with E-state index in [0.717, 1.165) is 18.5 Å². The smallest absolute Gasteiger partial charge is 0.254 e. The Bertz CT molecular complexity index is 653. The summed E-state index contributed by atoms with van der Waals surface area (Å²) in [5.41, 5.74) is 1.80. The molecule has 0 bridgehead atoms. The Kier molecular flexibility index (Phi) is 6.36. The average molecular weight is 309 g/mol. The third kappa shape index (κ3) is 4.95. The monoisotopic (exact) mass is 309 g/mol. The van der Waals surface area contributed by atoms with Gasteiger partial charge in [0.1, 0.15) is 5.82 Å². The number of carbonyl (C=O) groups is 1. The molecule has 0 radical (unpaired) electrons. The predicted molar refractivity (Wildman–Crippen MR) is 95.5 cm³/mol. The number of amides is 1. The highest BCUT2D eigenvalue weighted by Crippen LogP contribution is 2.10. The fraction of sp³-hybridized carbons (Fsp3) is 0.263. The highest BCUT2D eigenvalue weighted by atomic mass is 16.2. The molecule has 1 amide bonds. The lowest BCUT2D eigenvalue weighted by molar-refractivity contribution is 0.0774. The van der Waals surface area contributed by atoms with Crippen LogP contribution in [-0.4, -0.2) is 35.9 Å². The number of pyridine rings is 1. The van der Waals surface area contributed by atoms with Gasteiger partial charge in [-0.3, -0.25) is 4.79 Å². The zero-order valence-corrected chi connectivity index (χ0v) is 13.7. The van der Waals surface area contributed by atoms with Gasteiger partial charge in [-0.1, -0.05) is 49.4 Å². The van der Waals surface area contributed by atoms with Crippen LogP contribution in [0.4, 0.5) is 5.82 Å². The molecule has 0 aliphatic heterocycles. The lowest BCUT2D eigenvalue weighted by atomic mass is 10.2. The van der Waals surface area contributed by atoms with Gasteiger partial charge in [-0.05, 0) is 24.1 Å². The Morgan fingerprint density at radius 3 is 2.74 bits per heavy atom. The second-order valence-electron chi connectivity index (χ2n) is 5.24. The molecule has 0 fully saturated rings. The molecule has 1 N–H and O–H groups in total. The maximum atomic E-state index is 12.7. The van der Waals surface area contributed by atoms with Crippen molar-refractivity contribution in [2.24, 2.45) is 0 Å². The number of rotatable bonds is 7. The maximum Gasteiger partial charge on any atom is 0.254 e. The van der Waals surface area contributed by atoms with E-state index in [1.807, 2.05) is 47.4 Å². The second kappa shape index (κ2) is 8.73. The summed E-state index contributed by atoms with van der Waals surface area (Å²) in [6.45, 7) is 3.40. The third-order valence-corrected chi connectivity index (χ3v) is 3.48. The fourth-order valence-corrected chi connectivity index (χ4v) is 2.31. The van der Waals surface area contributed by atoms with Crippen LogP contribution in [0.5, 0.6) is 0 Å². The Hall–Kier alpha value is -2.62. The lowest BCUT2D eigenvalue weighted by Gasteiger charge is -2.20. The molecule has 1 aromatic heterocycles. The van der Waals surface area contributed by atoms with Crippen molar-refractivity contribution in [3.63, 3.8) is 0 Å². The summed E-state index contributed by atoms with van der Waals surface area (Å²) in [6.07, 6.45) is 6.66. The van der Waals surface area contributed by atoms with Gasteiger partial charge < -0.3 is 10.2 Å². The Labute approximate surface area is 137 Å². The van der Waals surface area contributed by atoms with Gasteiger partial charge in [0.05, 0.1) is 0 Å². The first-order valence-electron chi connectivity index (χ1n) is 7.89. The van der Waals surface area contributed by atoms with Gasteiger partial charge in [-0.2, -0.15) is 0 Å². The molecule has 2 rings (SSSR count). The average Bonchev–Trinajstić information content (AvgIpc) is 2.61. The minimum absolute atomic E-state index is 0.0310. The highest BCUT2D eigenvalue weighted by Gasteiger charge is 2.14. The summed E-state index contributed by atoms with van der Waals surface area (Å²) in [6, 6.07) is 13.6. The zero-order chi connectivity index (χ0) is 16.5. The summed E-state index contributed by atoms with van der Waals surface area (Å²) >= 11 is 0. The number of carbonyl (C=O) groups excluding carboxylic acids is 1. The van der Waals surface area contributed by atoms with Crippen molar-refractivity contribution in [3.05, 3.63) is 65.9 Å². The van der Waals surface area contributed by atoms with E-state index in [9.17, 15) is 4.79 Å². The molecule has 2 aromatic rings. The molecule has 1 heterocycles. The van der Waals surface area contributed by atoms with Crippen LogP contribution < -0.4 is 5.32 Å². The number of anilines is 1. The van der Waals surface area contributed by atoms with Crippen LogP contribution in [0.3, 0.4) is 0 Å². The van der Waals surface area contributed by atoms with Crippen LogP contribution in [0.2, 0.25) is 0 Å². The van der Waals surface area contributed by atoms with Crippen molar-refractivity contribution in [2.45, 2.75) is 13.3 Å². The first kappa shape index (κ1) is 16.7. The molecular weight excluding hydrogens is 286 g/mol. The van der Waals surface area contributed by atoms with Crippen molar-refractivity contribution < 1.29 is 4.79 Å². The van der Waals surface area contributed by atoms with Gasteiger partial charge >= 0.3 is 0 Å². The quantitative estimate of drug-likeness (QED) is 0.848. The standard InChI is InChI=1S/C19H23N3O/c1-3-13-22(14-7-10-16-8-5-4-6-9-16)19(23)17-11-12-21-18(15-17)20-2/h4-12,15H,3,13-14H2,1-2H3,(H,20,21)/b10-7+. The molecule has 0 saturated carbocycles. The van der Waals surface area contributed by atoms with Crippen LogP contribution in [0.15, 0.2) is 54.7 Å². The molecule has 0 unspecified atom stereocenters. The van der Waals surface area contributed by atoms with E-state index < -0.39 is 0 Å². The molecule has 120 valence electrons. The fourth-order valence-electron chi connectivity index (χ4n) is 2.31. The largest absolute Gasteiger partial charge is 0.373 e. The van der Waals surface area contributed by atoms with E-state index in [0.29, 0.717) is 17.9 Å². The van der Waals surface area contributed by atoms with E-state index in [-0.39, 0.29) is 5.91 Å². The van der Waals surface area contributed by atoms with Crippen LogP contribution >= 0.6 is 0 Å². The second-order valence-corrected chi connectivity index (χ2v) is 5.24. The Morgan fingerprint density at radius 1 is 1.26 bits per heavy atom. The van der Waals surface area contributed by atoms with Crippen LogP contribution in [0.1, 0.15) is 29.3 Å². The lowest BCUT2D eigenvalue weighted by Crippen LogP contribution is -2.32. The molecule has 0 aliphatic carbocycles. The highest BCUT2D eigenvalue weighted by molar-refractivity contribution is 5.95. The minimum atomic E-state index is 0.0310. The van der Waals surface area contributed by atoms with Crippen LogP contribution in [0.25, 0.3) is 6.08 Å². The third-order valence-electron chi connectivity index (χ3n) is 3.48. The van der Waals surface area contributed by atoms with Gasteiger partial charge in [0.2, 0.25) is 0 Å². The summed E-state index contributed by atoms with van der Waals surface area (Å²) in [7, 11) is 1.79. The summed E-state index contributed by atoms with van der Waals surface area (Å²) in [5, 5.41) is 2.96. The van der Waals surface area contributed by atoms with Gasteiger partial charge in [-0.25, -0.2) is 4.98 Å². The molecule has 4 nitrogen and oxygen atoms in total. The van der Waals surface area contributed by atoms with Crippen molar-refractivity contribution in [2.75, 3.05) is 25.5 Å². The molecule has 4 heteroatoms. The van der Waals surface area contributed by atoms with Crippen LogP contribution in [-0.2, 0) is 0 Å². The number of aromatic nitrogens is 1. The topological polar surface area (TPSA) is 45.2 Å². The SMILES string of the molecule is CCCN(C/C=C/c1ccccc1)C(=O)c1ccnc(NC)c1. The molecule has 0 atom stereocenters. The maximum absolute atomic E-state index is 12.7. The molecular formula is C19H23N3O. The van der Waals surface area contributed by atoms with Gasteiger partial charge in [0, 0.05) is 31.9 Å². The number of hydrogen-bond donors (Lipinski definition) is 1. The van der Waals surface area contributed by atoms with E-state index in [4.69, 9.17) is 0 Å². The van der Waals surface area contributed by atoms with E-state index >= 15 is 0 Å². The summed E-state index contributed by atoms with van der Waals surface area (Å²) in [5.74, 6) is 0.732. The van der Waals surface area contributed by atoms with Crippen molar-refractivity contribution in [1.29, 1.82) is 0 Å². The van der Waals surface area contributed by atoms with E-state index in [2.05, 4.69) is 17.2 Å².